The van der Waals surface area contributed by atoms with E-state index in [9.17, 15) is 5.11 Å². The van der Waals surface area contributed by atoms with Gasteiger partial charge in [-0.15, -0.1) is 0 Å². The Morgan fingerprint density at radius 3 is 2.43 bits per heavy atom. The third-order valence-corrected chi connectivity index (χ3v) is 6.51. The number of nitrogens with two attached hydrogens (primary N) is 1. The lowest BCUT2D eigenvalue weighted by molar-refractivity contribution is -0.0389. The Balaban J connectivity index is 1.55. The van der Waals surface area contributed by atoms with E-state index in [2.05, 4.69) is 11.1 Å². The molecule has 2 aromatic carbocycles. The number of rotatable bonds is 2. The van der Waals surface area contributed by atoms with Crippen LogP contribution in [0.25, 0.3) is 11.1 Å². The molecule has 3 N–H and O–H groups in total. The quantitative estimate of drug-likeness (QED) is 0.684. The van der Waals surface area contributed by atoms with Crippen LogP contribution in [0.1, 0.15) is 36.0 Å². The van der Waals surface area contributed by atoms with Crippen molar-refractivity contribution in [2.24, 2.45) is 10.7 Å². The number of pyridine rings is 1. The maximum atomic E-state index is 10.9. The standard InChI is InChI=1S/C24H21N3O3/c25-22-27-24(14-29-22)18-11-15(16-3-1-10-26-13-16)4-6-20(18)30-21-7-5-17(12-19(21)24)23(28)8-2-9-23/h1,3-7,10-13,28H,2,8-9,14H2,(H2,25,27)/t24-/m0/s1. The van der Waals surface area contributed by atoms with Crippen LogP contribution in [-0.2, 0) is 15.9 Å². The van der Waals surface area contributed by atoms with Crippen molar-refractivity contribution in [2.45, 2.75) is 30.4 Å². The number of aromatic nitrogens is 1. The maximum Gasteiger partial charge on any atom is 0.283 e. The molecule has 0 radical (unpaired) electrons. The SMILES string of the molecule is NC1=N[C@@]2(CO1)c1cc(-c3cccnc3)ccc1Oc1ccc(C3(O)CCC3)cc12. The van der Waals surface area contributed by atoms with Crippen molar-refractivity contribution < 1.29 is 14.6 Å². The lowest BCUT2D eigenvalue weighted by Gasteiger charge is -2.39. The molecule has 30 heavy (non-hydrogen) atoms. The molecular weight excluding hydrogens is 378 g/mol. The van der Waals surface area contributed by atoms with Crippen LogP contribution in [0.4, 0.5) is 0 Å². The molecule has 3 heterocycles. The van der Waals surface area contributed by atoms with Crippen LogP contribution in [0, 0.1) is 0 Å². The number of fused-ring (bicyclic) bond motifs is 4. The number of hydrogen-bond acceptors (Lipinski definition) is 6. The van der Waals surface area contributed by atoms with Gasteiger partial charge in [-0.05, 0) is 60.7 Å². The van der Waals surface area contributed by atoms with Gasteiger partial charge in [0.25, 0.3) is 6.02 Å². The zero-order valence-corrected chi connectivity index (χ0v) is 16.3. The number of benzene rings is 2. The molecule has 1 aromatic heterocycles. The van der Waals surface area contributed by atoms with Crippen molar-refractivity contribution in [3.8, 4) is 22.6 Å². The van der Waals surface area contributed by atoms with Crippen molar-refractivity contribution in [1.82, 2.24) is 4.98 Å². The normalized spacial score (nSPS) is 22.9. The molecule has 150 valence electrons. The van der Waals surface area contributed by atoms with Gasteiger partial charge in [-0.3, -0.25) is 4.98 Å². The van der Waals surface area contributed by atoms with E-state index in [1.165, 1.54) is 0 Å². The van der Waals surface area contributed by atoms with E-state index >= 15 is 0 Å². The van der Waals surface area contributed by atoms with E-state index in [1.807, 2.05) is 48.7 Å². The zero-order chi connectivity index (χ0) is 20.3. The van der Waals surface area contributed by atoms with Crippen LogP contribution in [0.5, 0.6) is 11.5 Å². The molecule has 1 spiro atoms. The Labute approximate surface area is 174 Å². The second-order valence-corrected chi connectivity index (χ2v) is 8.25. The minimum atomic E-state index is -0.804. The highest BCUT2D eigenvalue weighted by molar-refractivity contribution is 5.78. The average molecular weight is 399 g/mol. The molecule has 0 bridgehead atoms. The molecule has 1 atom stereocenters. The number of nitrogens with zero attached hydrogens (tertiary/aromatic N) is 2. The lowest BCUT2D eigenvalue weighted by Crippen LogP contribution is -2.35. The number of amidine groups is 1. The van der Waals surface area contributed by atoms with Crippen molar-refractivity contribution >= 4 is 6.02 Å². The van der Waals surface area contributed by atoms with Gasteiger partial charge >= 0.3 is 0 Å². The Morgan fingerprint density at radius 1 is 0.967 bits per heavy atom. The predicted molar refractivity (Wildman–Crippen MR) is 112 cm³/mol. The maximum absolute atomic E-state index is 10.9. The number of aliphatic imine (C=N–C) groups is 1. The fraction of sp³-hybridized carbons (Fsp3) is 0.250. The largest absolute Gasteiger partial charge is 0.462 e. The van der Waals surface area contributed by atoms with Crippen molar-refractivity contribution in [1.29, 1.82) is 0 Å². The molecule has 6 rings (SSSR count). The van der Waals surface area contributed by atoms with Crippen LogP contribution in [-0.4, -0.2) is 22.7 Å². The summed E-state index contributed by atoms with van der Waals surface area (Å²) in [7, 11) is 0. The minimum Gasteiger partial charge on any atom is -0.462 e. The van der Waals surface area contributed by atoms with Crippen LogP contribution >= 0.6 is 0 Å². The highest BCUT2D eigenvalue weighted by atomic mass is 16.5. The van der Waals surface area contributed by atoms with E-state index in [0.29, 0.717) is 12.4 Å². The summed E-state index contributed by atoms with van der Waals surface area (Å²) in [4.78, 5) is 8.99. The molecule has 1 aliphatic carbocycles. The summed E-state index contributed by atoms with van der Waals surface area (Å²) < 4.78 is 11.9. The number of aliphatic hydroxyl groups is 1. The third-order valence-electron chi connectivity index (χ3n) is 6.51. The summed E-state index contributed by atoms with van der Waals surface area (Å²) in [5, 5.41) is 10.9. The van der Waals surface area contributed by atoms with E-state index in [-0.39, 0.29) is 6.02 Å². The summed E-state index contributed by atoms with van der Waals surface area (Å²) in [5.41, 5.74) is 9.10. The summed E-state index contributed by atoms with van der Waals surface area (Å²) >= 11 is 0. The number of hydrogen-bond donors (Lipinski definition) is 2. The molecule has 3 aromatic rings. The monoisotopic (exact) mass is 399 g/mol. The Bertz CT molecular complexity index is 1190. The van der Waals surface area contributed by atoms with Gasteiger partial charge in [0, 0.05) is 29.1 Å². The van der Waals surface area contributed by atoms with Gasteiger partial charge in [0.1, 0.15) is 18.1 Å². The van der Waals surface area contributed by atoms with Crippen LogP contribution in [0.2, 0.25) is 0 Å². The minimum absolute atomic E-state index is 0.160. The summed E-state index contributed by atoms with van der Waals surface area (Å²) in [5.74, 6) is 1.44. The molecule has 6 heteroatoms. The average Bonchev–Trinajstić information content (AvgIpc) is 3.15. The summed E-state index contributed by atoms with van der Waals surface area (Å²) in [6.07, 6.45) is 6.15. The number of ether oxygens (including phenoxy) is 2. The highest BCUT2D eigenvalue weighted by Crippen LogP contribution is 2.53. The summed E-state index contributed by atoms with van der Waals surface area (Å²) in [6.45, 7) is 0.292. The molecule has 1 saturated carbocycles. The van der Waals surface area contributed by atoms with Gasteiger partial charge < -0.3 is 20.3 Å². The first kappa shape index (κ1) is 17.5. The molecule has 0 saturated heterocycles. The van der Waals surface area contributed by atoms with Crippen molar-refractivity contribution in [3.05, 3.63) is 77.6 Å². The second-order valence-electron chi connectivity index (χ2n) is 8.25. The molecule has 0 amide bonds. The second kappa shape index (κ2) is 6.06. The Morgan fingerprint density at radius 2 is 1.77 bits per heavy atom. The van der Waals surface area contributed by atoms with E-state index in [4.69, 9.17) is 20.2 Å². The van der Waals surface area contributed by atoms with E-state index in [1.54, 1.807) is 6.20 Å². The van der Waals surface area contributed by atoms with Crippen LogP contribution < -0.4 is 10.5 Å². The molecule has 3 aliphatic rings. The molecular formula is C24H21N3O3. The molecule has 0 unspecified atom stereocenters. The molecule has 1 fully saturated rings. The van der Waals surface area contributed by atoms with E-state index in [0.717, 1.165) is 52.8 Å². The van der Waals surface area contributed by atoms with Crippen LogP contribution in [0.3, 0.4) is 0 Å². The van der Waals surface area contributed by atoms with Crippen molar-refractivity contribution in [2.75, 3.05) is 6.61 Å². The topological polar surface area (TPSA) is 90.0 Å². The lowest BCUT2D eigenvalue weighted by atomic mass is 9.72. The third kappa shape index (κ3) is 2.40. The Kier molecular flexibility index (Phi) is 3.53. The van der Waals surface area contributed by atoms with E-state index < -0.39 is 11.1 Å². The molecule has 2 aliphatic heterocycles. The molecule has 6 nitrogen and oxygen atoms in total. The first-order valence-electron chi connectivity index (χ1n) is 10.2. The fourth-order valence-electron chi connectivity index (χ4n) is 4.66. The van der Waals surface area contributed by atoms with Crippen LogP contribution in [0.15, 0.2) is 65.9 Å². The smallest absolute Gasteiger partial charge is 0.283 e. The summed E-state index contributed by atoms with van der Waals surface area (Å²) in [6, 6.07) is 16.0. The first-order chi connectivity index (χ1) is 14.6. The van der Waals surface area contributed by atoms with Gasteiger partial charge in [0.2, 0.25) is 0 Å². The predicted octanol–water partition coefficient (Wildman–Crippen LogP) is 3.81. The fourth-order valence-corrected chi connectivity index (χ4v) is 4.66. The highest BCUT2D eigenvalue weighted by Gasteiger charge is 2.48. The van der Waals surface area contributed by atoms with Gasteiger partial charge in [-0.25, -0.2) is 4.99 Å². The Hall–Kier alpha value is -3.38. The van der Waals surface area contributed by atoms with Gasteiger partial charge in [-0.1, -0.05) is 18.2 Å². The van der Waals surface area contributed by atoms with Gasteiger partial charge in [-0.2, -0.15) is 0 Å². The first-order valence-corrected chi connectivity index (χ1v) is 10.2. The van der Waals surface area contributed by atoms with Gasteiger partial charge in [0.05, 0.1) is 5.60 Å². The van der Waals surface area contributed by atoms with Crippen molar-refractivity contribution in [3.63, 3.8) is 0 Å². The zero-order valence-electron chi connectivity index (χ0n) is 16.3. The van der Waals surface area contributed by atoms with Gasteiger partial charge in [0.15, 0.2) is 5.54 Å².